The van der Waals surface area contributed by atoms with Crippen LogP contribution in [0.3, 0.4) is 0 Å². The minimum Gasteiger partial charge on any atom is -0.481 e. The van der Waals surface area contributed by atoms with E-state index in [0.717, 1.165) is 0 Å². The van der Waals surface area contributed by atoms with E-state index in [1.807, 2.05) is 0 Å². The van der Waals surface area contributed by atoms with E-state index in [-0.39, 0.29) is 19.4 Å². The third-order valence-electron chi connectivity index (χ3n) is 0.902. The third-order valence-corrected chi connectivity index (χ3v) is 0.902. The van der Waals surface area contributed by atoms with Gasteiger partial charge in [0.1, 0.15) is 0 Å². The first kappa shape index (κ1) is 8.39. The molecule has 9 heavy (non-hydrogen) atoms. The second kappa shape index (κ2) is 4.29. The van der Waals surface area contributed by atoms with E-state index in [4.69, 9.17) is 15.3 Å². The van der Waals surface area contributed by atoms with Crippen LogP contribution in [0.2, 0.25) is 0 Å². The highest BCUT2D eigenvalue weighted by atomic mass is 16.4. The van der Waals surface area contributed by atoms with Crippen LogP contribution in [0.25, 0.3) is 0 Å². The molecule has 0 aliphatic rings. The normalized spacial score (nSPS) is 13.1. The Hall–Kier alpha value is -0.610. The zero-order valence-corrected chi connectivity index (χ0v) is 4.95. The molecule has 0 fully saturated rings. The van der Waals surface area contributed by atoms with E-state index in [1.165, 1.54) is 0 Å². The van der Waals surface area contributed by atoms with Gasteiger partial charge in [-0.25, -0.2) is 0 Å². The number of aliphatic hydroxyl groups excluding tert-OH is 2. The van der Waals surface area contributed by atoms with Gasteiger partial charge in [-0.2, -0.15) is 0 Å². The van der Waals surface area contributed by atoms with Gasteiger partial charge in [-0.15, -0.1) is 0 Å². The number of carbonyl (C=O) groups is 1. The Morgan fingerprint density at radius 3 is 2.44 bits per heavy atom. The van der Waals surface area contributed by atoms with Gasteiger partial charge in [-0.1, -0.05) is 0 Å². The van der Waals surface area contributed by atoms with Crippen molar-refractivity contribution in [3.63, 3.8) is 0 Å². The lowest BCUT2D eigenvalue weighted by Gasteiger charge is -2.01. The highest BCUT2D eigenvalue weighted by Crippen LogP contribution is 1.94. The standard InChI is InChI=1S/C5H10O4/c6-3-4(7)1-2-5(8)9/h4,6-7H,1-3H2,(H,8,9)/t4-/m0/s1. The van der Waals surface area contributed by atoms with Crippen molar-refractivity contribution in [2.45, 2.75) is 18.9 Å². The van der Waals surface area contributed by atoms with E-state index < -0.39 is 12.1 Å². The van der Waals surface area contributed by atoms with E-state index in [9.17, 15) is 4.79 Å². The number of aliphatic carboxylic acids is 1. The van der Waals surface area contributed by atoms with Gasteiger partial charge >= 0.3 is 5.97 Å². The first-order chi connectivity index (χ1) is 4.16. The summed E-state index contributed by atoms with van der Waals surface area (Å²) in [4.78, 5) is 9.83. The predicted octanol–water partition coefficient (Wildman–Crippen LogP) is -0.796. The van der Waals surface area contributed by atoms with Crippen LogP contribution in [0, 0.1) is 0 Å². The summed E-state index contributed by atoms with van der Waals surface area (Å²) >= 11 is 0. The van der Waals surface area contributed by atoms with Crippen LogP contribution in [-0.4, -0.2) is 34.0 Å². The van der Waals surface area contributed by atoms with E-state index in [2.05, 4.69) is 0 Å². The SMILES string of the molecule is O=C(O)CC[C@H](O)CO. The Kier molecular flexibility index (Phi) is 4.00. The molecule has 3 N–H and O–H groups in total. The van der Waals surface area contributed by atoms with Crippen LogP contribution in [0.4, 0.5) is 0 Å². The molecule has 0 saturated carbocycles. The lowest BCUT2D eigenvalue weighted by molar-refractivity contribution is -0.137. The second-order valence-corrected chi connectivity index (χ2v) is 1.77. The molecule has 0 aromatic carbocycles. The minimum atomic E-state index is -0.956. The topological polar surface area (TPSA) is 77.8 Å². The van der Waals surface area contributed by atoms with Gasteiger partial charge in [0.2, 0.25) is 0 Å². The lowest BCUT2D eigenvalue weighted by Crippen LogP contribution is -2.13. The summed E-state index contributed by atoms with van der Waals surface area (Å²) in [6.45, 7) is -0.368. The molecule has 4 nitrogen and oxygen atoms in total. The summed E-state index contributed by atoms with van der Waals surface area (Å²) in [5.74, 6) is -0.956. The van der Waals surface area contributed by atoms with Crippen molar-refractivity contribution >= 4 is 5.97 Å². The van der Waals surface area contributed by atoms with E-state index in [0.29, 0.717) is 0 Å². The first-order valence-corrected chi connectivity index (χ1v) is 2.67. The van der Waals surface area contributed by atoms with Crippen molar-refractivity contribution in [1.82, 2.24) is 0 Å². The summed E-state index contributed by atoms with van der Waals surface area (Å²) in [6.07, 6.45) is -0.866. The number of hydrogen-bond donors (Lipinski definition) is 3. The molecule has 0 aliphatic heterocycles. The van der Waals surface area contributed by atoms with Crippen molar-refractivity contribution in [1.29, 1.82) is 0 Å². The number of hydrogen-bond acceptors (Lipinski definition) is 3. The summed E-state index contributed by atoms with van der Waals surface area (Å²) in [6, 6.07) is 0. The molecule has 1 atom stereocenters. The largest absolute Gasteiger partial charge is 0.481 e. The van der Waals surface area contributed by atoms with Crippen LogP contribution in [0.1, 0.15) is 12.8 Å². The molecular formula is C5H10O4. The maximum atomic E-state index is 9.83. The van der Waals surface area contributed by atoms with Crippen LogP contribution in [-0.2, 0) is 4.79 Å². The molecule has 54 valence electrons. The maximum Gasteiger partial charge on any atom is 0.303 e. The van der Waals surface area contributed by atoms with Crippen LogP contribution >= 0.6 is 0 Å². The van der Waals surface area contributed by atoms with Crippen LogP contribution in [0.15, 0.2) is 0 Å². The van der Waals surface area contributed by atoms with Gasteiger partial charge in [0.25, 0.3) is 0 Å². The molecule has 0 spiro atoms. The Balaban J connectivity index is 3.16. The molecule has 0 bridgehead atoms. The molecule has 0 aromatic heterocycles. The smallest absolute Gasteiger partial charge is 0.303 e. The Labute approximate surface area is 52.7 Å². The molecule has 0 rings (SSSR count). The maximum absolute atomic E-state index is 9.83. The molecule has 0 aliphatic carbocycles. The molecule has 0 radical (unpaired) electrons. The fourth-order valence-electron chi connectivity index (χ4n) is 0.381. The second-order valence-electron chi connectivity index (χ2n) is 1.77. The van der Waals surface area contributed by atoms with Gasteiger partial charge in [-0.3, -0.25) is 4.79 Å². The van der Waals surface area contributed by atoms with Crippen molar-refractivity contribution in [2.75, 3.05) is 6.61 Å². The van der Waals surface area contributed by atoms with Gasteiger partial charge in [0, 0.05) is 6.42 Å². The molecule has 0 saturated heterocycles. The van der Waals surface area contributed by atoms with Crippen molar-refractivity contribution in [3.05, 3.63) is 0 Å². The zero-order valence-electron chi connectivity index (χ0n) is 4.95. The Morgan fingerprint density at radius 1 is 1.56 bits per heavy atom. The quantitative estimate of drug-likeness (QED) is 0.470. The molecule has 0 unspecified atom stereocenters. The van der Waals surface area contributed by atoms with Gasteiger partial charge in [0.15, 0.2) is 0 Å². The Morgan fingerprint density at radius 2 is 2.11 bits per heavy atom. The first-order valence-electron chi connectivity index (χ1n) is 2.67. The van der Waals surface area contributed by atoms with Crippen molar-refractivity contribution in [3.8, 4) is 0 Å². The minimum absolute atomic E-state index is 0.0955. The summed E-state index contributed by atoms with van der Waals surface area (Å²) in [7, 11) is 0. The number of rotatable bonds is 4. The average Bonchev–Trinajstić information content (AvgIpc) is 1.83. The molecule has 0 aromatic rings. The van der Waals surface area contributed by atoms with E-state index >= 15 is 0 Å². The molecule has 0 amide bonds. The molecule has 4 heteroatoms. The number of carboxylic acid groups (broad SMARTS) is 1. The monoisotopic (exact) mass is 134 g/mol. The lowest BCUT2D eigenvalue weighted by atomic mass is 10.2. The highest BCUT2D eigenvalue weighted by Gasteiger charge is 2.03. The molecular weight excluding hydrogens is 124 g/mol. The third kappa shape index (κ3) is 5.26. The Bertz CT molecular complexity index is 91.0. The van der Waals surface area contributed by atoms with Crippen molar-refractivity contribution in [2.24, 2.45) is 0 Å². The van der Waals surface area contributed by atoms with Gasteiger partial charge in [0.05, 0.1) is 12.7 Å². The van der Waals surface area contributed by atoms with E-state index in [1.54, 1.807) is 0 Å². The van der Waals surface area contributed by atoms with Crippen LogP contribution in [0.5, 0.6) is 0 Å². The average molecular weight is 134 g/mol. The number of carboxylic acids is 1. The van der Waals surface area contributed by atoms with Gasteiger partial charge < -0.3 is 15.3 Å². The predicted molar refractivity (Wildman–Crippen MR) is 30.0 cm³/mol. The summed E-state index contributed by atoms with van der Waals surface area (Å²) in [5.41, 5.74) is 0. The molecule has 0 heterocycles. The fraction of sp³-hybridized carbons (Fsp3) is 0.800. The summed E-state index contributed by atoms with van der Waals surface area (Å²) < 4.78 is 0. The number of aliphatic hydroxyl groups is 2. The summed E-state index contributed by atoms with van der Waals surface area (Å²) in [5, 5.41) is 24.9. The van der Waals surface area contributed by atoms with Crippen LogP contribution < -0.4 is 0 Å². The highest BCUT2D eigenvalue weighted by molar-refractivity contribution is 5.66. The zero-order chi connectivity index (χ0) is 7.28. The fourth-order valence-corrected chi connectivity index (χ4v) is 0.381. The van der Waals surface area contributed by atoms with Gasteiger partial charge in [-0.05, 0) is 6.42 Å². The van der Waals surface area contributed by atoms with Crippen molar-refractivity contribution < 1.29 is 20.1 Å².